The van der Waals surface area contributed by atoms with E-state index >= 15 is 0 Å². The van der Waals surface area contributed by atoms with Crippen molar-refractivity contribution in [1.29, 1.82) is 0 Å². The van der Waals surface area contributed by atoms with Crippen LogP contribution in [-0.4, -0.2) is 20.5 Å². The fourth-order valence-electron chi connectivity index (χ4n) is 4.90. The number of hydrogen-bond donors (Lipinski definition) is 1. The minimum atomic E-state index is -0.323. The van der Waals surface area contributed by atoms with Gasteiger partial charge in [-0.25, -0.2) is 4.98 Å². The summed E-state index contributed by atoms with van der Waals surface area (Å²) in [5, 5.41) is 16.3. The number of para-hydroxylation sites is 3. The van der Waals surface area contributed by atoms with Gasteiger partial charge >= 0.3 is 0 Å². The molecule has 1 heterocycles. The quantitative estimate of drug-likeness (QED) is 0.262. The molecular formula is C26H25ClN4O2. The number of nitro groups is 1. The molecule has 0 spiro atoms. The van der Waals surface area contributed by atoms with E-state index in [0.717, 1.165) is 48.3 Å². The molecule has 6 nitrogen and oxygen atoms in total. The third-order valence-electron chi connectivity index (χ3n) is 6.48. The molecule has 0 amide bonds. The molecule has 0 saturated heterocycles. The molecular weight excluding hydrogens is 436 g/mol. The summed E-state index contributed by atoms with van der Waals surface area (Å²) in [4.78, 5) is 16.3. The van der Waals surface area contributed by atoms with Crippen molar-refractivity contribution in [2.45, 2.75) is 44.3 Å². The van der Waals surface area contributed by atoms with Gasteiger partial charge in [-0.1, -0.05) is 60.8 Å². The Morgan fingerprint density at radius 3 is 2.55 bits per heavy atom. The van der Waals surface area contributed by atoms with Crippen LogP contribution in [0.4, 0.5) is 5.69 Å². The molecule has 0 bridgehead atoms. The molecule has 5 rings (SSSR count). The van der Waals surface area contributed by atoms with Crippen molar-refractivity contribution < 1.29 is 4.92 Å². The first-order valence-electron chi connectivity index (χ1n) is 11.3. The van der Waals surface area contributed by atoms with E-state index in [2.05, 4.69) is 16.0 Å². The van der Waals surface area contributed by atoms with Crippen molar-refractivity contribution in [2.75, 3.05) is 0 Å². The Hall–Kier alpha value is -3.22. The molecule has 1 aromatic heterocycles. The summed E-state index contributed by atoms with van der Waals surface area (Å²) in [6.45, 7) is 0.742. The zero-order valence-electron chi connectivity index (χ0n) is 18.2. The van der Waals surface area contributed by atoms with Gasteiger partial charge in [-0.2, -0.15) is 0 Å². The molecule has 1 aliphatic carbocycles. The van der Waals surface area contributed by atoms with E-state index in [-0.39, 0.29) is 22.7 Å². The van der Waals surface area contributed by atoms with Crippen LogP contribution in [0.5, 0.6) is 0 Å². The number of hydrogen-bond acceptors (Lipinski definition) is 4. The summed E-state index contributed by atoms with van der Waals surface area (Å²) in [6, 6.07) is 23.2. The van der Waals surface area contributed by atoms with Crippen molar-refractivity contribution in [2.24, 2.45) is 0 Å². The van der Waals surface area contributed by atoms with Crippen LogP contribution in [0.2, 0.25) is 5.02 Å². The van der Waals surface area contributed by atoms with Gasteiger partial charge in [-0.15, -0.1) is 0 Å². The predicted molar refractivity (Wildman–Crippen MR) is 131 cm³/mol. The summed E-state index contributed by atoms with van der Waals surface area (Å²) in [5.74, 6) is 0.661. The Bertz CT molecular complexity index is 1290. The van der Waals surface area contributed by atoms with Crippen molar-refractivity contribution in [1.82, 2.24) is 14.9 Å². The number of nitro benzene ring substituents is 1. The number of rotatable bonds is 6. The molecule has 4 aromatic rings. The molecule has 1 saturated carbocycles. The molecule has 7 heteroatoms. The zero-order valence-corrected chi connectivity index (χ0v) is 18.9. The molecule has 0 radical (unpaired) electrons. The lowest BCUT2D eigenvalue weighted by molar-refractivity contribution is -0.384. The van der Waals surface area contributed by atoms with Crippen LogP contribution in [0.1, 0.15) is 37.3 Å². The highest BCUT2D eigenvalue weighted by Crippen LogP contribution is 2.38. The fraction of sp³-hybridized carbons (Fsp3) is 0.269. The number of nitrogens with zero attached hydrogens (tertiary/aromatic N) is 3. The average molecular weight is 461 g/mol. The molecule has 2 atom stereocenters. The summed E-state index contributed by atoms with van der Waals surface area (Å²) >= 11 is 6.04. The maximum atomic E-state index is 11.8. The second-order valence-electron chi connectivity index (χ2n) is 8.53. The lowest BCUT2D eigenvalue weighted by Crippen LogP contribution is -2.39. The van der Waals surface area contributed by atoms with Gasteiger partial charge in [0.25, 0.3) is 5.69 Å². The first kappa shape index (κ1) is 21.6. The van der Waals surface area contributed by atoms with Crippen molar-refractivity contribution in [3.05, 3.63) is 93.5 Å². The van der Waals surface area contributed by atoms with E-state index in [0.29, 0.717) is 11.4 Å². The first-order valence-corrected chi connectivity index (χ1v) is 11.7. The Morgan fingerprint density at radius 1 is 1.00 bits per heavy atom. The van der Waals surface area contributed by atoms with Gasteiger partial charge in [-0.3, -0.25) is 10.1 Å². The highest BCUT2D eigenvalue weighted by Gasteiger charge is 2.31. The molecule has 0 unspecified atom stereocenters. The van der Waals surface area contributed by atoms with Crippen LogP contribution >= 0.6 is 11.6 Å². The number of aromatic nitrogens is 2. The molecule has 168 valence electrons. The van der Waals surface area contributed by atoms with E-state index in [9.17, 15) is 10.1 Å². The number of imidazole rings is 1. The van der Waals surface area contributed by atoms with Crippen molar-refractivity contribution >= 4 is 28.3 Å². The van der Waals surface area contributed by atoms with Gasteiger partial charge < -0.3 is 9.88 Å². The van der Waals surface area contributed by atoms with Crippen LogP contribution in [0.3, 0.4) is 0 Å². The number of halogens is 1. The van der Waals surface area contributed by atoms with Gasteiger partial charge in [0.1, 0.15) is 5.82 Å². The van der Waals surface area contributed by atoms with Gasteiger partial charge in [0.15, 0.2) is 0 Å². The standard InChI is InChI=1S/C26H25ClN4O2/c27-19-15-13-18(14-16-19)17-28-21-8-2-5-11-24(21)30-25-12-6-3-9-22(25)29-26(30)20-7-1-4-10-23(20)31(32)33/h1,3-4,6-7,9-10,12-16,21,24,28H,2,5,8,11,17H2/t21-,24-/m1/s1. The summed E-state index contributed by atoms with van der Waals surface area (Å²) < 4.78 is 2.23. The minimum absolute atomic E-state index is 0.0792. The van der Waals surface area contributed by atoms with E-state index in [1.165, 1.54) is 5.56 Å². The van der Waals surface area contributed by atoms with E-state index in [4.69, 9.17) is 16.6 Å². The smallest absolute Gasteiger partial charge is 0.280 e. The second kappa shape index (κ2) is 9.33. The van der Waals surface area contributed by atoms with E-state index in [1.54, 1.807) is 18.2 Å². The summed E-state index contributed by atoms with van der Waals surface area (Å²) in [6.07, 6.45) is 4.31. The number of benzene rings is 3. The summed E-state index contributed by atoms with van der Waals surface area (Å²) in [7, 11) is 0. The van der Waals surface area contributed by atoms with Crippen LogP contribution in [-0.2, 0) is 6.54 Å². The van der Waals surface area contributed by atoms with Crippen molar-refractivity contribution in [3.63, 3.8) is 0 Å². The SMILES string of the molecule is O=[N+]([O-])c1ccccc1-c1nc2ccccc2n1[C@@H]1CCCC[C@H]1NCc1ccc(Cl)cc1. The zero-order chi connectivity index (χ0) is 22.8. The number of nitrogens with one attached hydrogen (secondary N) is 1. The molecule has 3 aromatic carbocycles. The Morgan fingerprint density at radius 2 is 1.73 bits per heavy atom. The van der Waals surface area contributed by atoms with Gasteiger partial charge in [0.05, 0.1) is 27.6 Å². The van der Waals surface area contributed by atoms with Crippen LogP contribution in [0.15, 0.2) is 72.8 Å². The molecule has 33 heavy (non-hydrogen) atoms. The molecule has 1 aliphatic rings. The fourth-order valence-corrected chi connectivity index (χ4v) is 5.03. The normalized spacial score (nSPS) is 18.5. The number of fused-ring (bicyclic) bond motifs is 1. The highest BCUT2D eigenvalue weighted by atomic mass is 35.5. The molecule has 1 fully saturated rings. The lowest BCUT2D eigenvalue weighted by atomic mass is 9.89. The second-order valence-corrected chi connectivity index (χ2v) is 8.97. The van der Waals surface area contributed by atoms with Crippen LogP contribution < -0.4 is 5.32 Å². The van der Waals surface area contributed by atoms with Crippen LogP contribution in [0, 0.1) is 10.1 Å². The third kappa shape index (κ3) is 4.36. The van der Waals surface area contributed by atoms with E-state index in [1.807, 2.05) is 48.5 Å². The predicted octanol–water partition coefficient (Wildman–Crippen LogP) is 6.54. The van der Waals surface area contributed by atoms with Crippen LogP contribution in [0.25, 0.3) is 22.4 Å². The van der Waals surface area contributed by atoms with Gasteiger partial charge in [-0.05, 0) is 48.7 Å². The summed E-state index contributed by atoms with van der Waals surface area (Å²) in [5.41, 5.74) is 3.68. The molecule has 1 N–H and O–H groups in total. The average Bonchev–Trinajstić information content (AvgIpc) is 3.23. The van der Waals surface area contributed by atoms with Gasteiger partial charge in [0, 0.05) is 23.7 Å². The Labute approximate surface area is 197 Å². The Balaban J connectivity index is 1.57. The maximum Gasteiger partial charge on any atom is 0.280 e. The topological polar surface area (TPSA) is 73.0 Å². The largest absolute Gasteiger partial charge is 0.319 e. The highest BCUT2D eigenvalue weighted by molar-refractivity contribution is 6.30. The van der Waals surface area contributed by atoms with Gasteiger partial charge in [0.2, 0.25) is 0 Å². The maximum absolute atomic E-state index is 11.8. The minimum Gasteiger partial charge on any atom is -0.319 e. The first-order chi connectivity index (χ1) is 16.1. The van der Waals surface area contributed by atoms with Crippen molar-refractivity contribution in [3.8, 4) is 11.4 Å². The van der Waals surface area contributed by atoms with E-state index < -0.39 is 0 Å². The Kier molecular flexibility index (Phi) is 6.11. The molecule has 0 aliphatic heterocycles. The lowest BCUT2D eigenvalue weighted by Gasteiger charge is -2.35. The third-order valence-corrected chi connectivity index (χ3v) is 6.73. The monoisotopic (exact) mass is 460 g/mol.